The number of aromatic amines is 1. The molecule has 3 aromatic rings. The Morgan fingerprint density at radius 1 is 1.32 bits per heavy atom. The molecule has 0 saturated carbocycles. The predicted molar refractivity (Wildman–Crippen MR) is 63.5 cm³/mol. The fourth-order valence-electron chi connectivity index (χ4n) is 1.55. The standard InChI is InChI=1S/C10H8N8O/c19-10(9-11-5-12-15-9)14-7-3-1-2-4-8(7)18-6-13-16-17-18/h1-6H,(H,14,19)(H,11,12,15). The minimum absolute atomic E-state index is 0.131. The number of hydrogen-bond donors (Lipinski definition) is 2. The summed E-state index contributed by atoms with van der Waals surface area (Å²) in [4.78, 5) is 15.7. The van der Waals surface area contributed by atoms with Crippen LogP contribution in [0.1, 0.15) is 10.6 Å². The molecule has 2 N–H and O–H groups in total. The van der Waals surface area contributed by atoms with Gasteiger partial charge in [-0.15, -0.1) is 5.10 Å². The van der Waals surface area contributed by atoms with E-state index in [4.69, 9.17) is 0 Å². The molecule has 1 amide bonds. The minimum atomic E-state index is -0.391. The summed E-state index contributed by atoms with van der Waals surface area (Å²) in [5, 5.41) is 19.7. The van der Waals surface area contributed by atoms with Crippen LogP contribution >= 0.6 is 0 Å². The average Bonchev–Trinajstić information content (AvgIpc) is 3.13. The van der Waals surface area contributed by atoms with Gasteiger partial charge in [-0.1, -0.05) is 12.1 Å². The Morgan fingerprint density at radius 2 is 2.21 bits per heavy atom. The highest BCUT2D eigenvalue weighted by molar-refractivity contribution is 6.02. The first-order valence-corrected chi connectivity index (χ1v) is 5.34. The SMILES string of the molecule is O=C(Nc1ccccc1-n1cnnn1)c1ncn[nH]1. The molecule has 2 heterocycles. The zero-order valence-corrected chi connectivity index (χ0v) is 9.56. The number of carbonyl (C=O) groups is 1. The third-order valence-electron chi connectivity index (χ3n) is 2.38. The molecule has 1 aromatic carbocycles. The van der Waals surface area contributed by atoms with Crippen LogP contribution in [0, 0.1) is 0 Å². The smallest absolute Gasteiger partial charge is 0.293 e. The van der Waals surface area contributed by atoms with Gasteiger partial charge in [-0.2, -0.15) is 9.78 Å². The summed E-state index contributed by atoms with van der Waals surface area (Å²) in [6.45, 7) is 0. The lowest BCUT2D eigenvalue weighted by Gasteiger charge is -2.08. The Hall–Kier alpha value is -3.10. The number of amides is 1. The molecule has 0 aliphatic rings. The number of nitrogens with zero attached hydrogens (tertiary/aromatic N) is 6. The molecule has 0 unspecified atom stereocenters. The lowest BCUT2D eigenvalue weighted by Crippen LogP contribution is -2.15. The van der Waals surface area contributed by atoms with Crippen molar-refractivity contribution >= 4 is 11.6 Å². The molecule has 19 heavy (non-hydrogen) atoms. The van der Waals surface area contributed by atoms with Crippen LogP contribution in [0.15, 0.2) is 36.9 Å². The van der Waals surface area contributed by atoms with Gasteiger partial charge in [0.2, 0.25) is 5.82 Å². The van der Waals surface area contributed by atoms with Gasteiger partial charge in [-0.05, 0) is 22.6 Å². The maximum absolute atomic E-state index is 11.9. The first kappa shape index (κ1) is 11.0. The van der Waals surface area contributed by atoms with E-state index in [1.54, 1.807) is 18.2 Å². The van der Waals surface area contributed by atoms with Gasteiger partial charge in [0.1, 0.15) is 12.7 Å². The molecule has 0 aliphatic carbocycles. The van der Waals surface area contributed by atoms with Gasteiger partial charge in [0.25, 0.3) is 5.91 Å². The molecule has 0 radical (unpaired) electrons. The Bertz CT molecular complexity index is 675. The second-order valence-corrected chi connectivity index (χ2v) is 3.56. The Morgan fingerprint density at radius 3 is 2.95 bits per heavy atom. The van der Waals surface area contributed by atoms with Crippen molar-refractivity contribution in [3.8, 4) is 5.69 Å². The number of tetrazole rings is 1. The number of rotatable bonds is 3. The summed E-state index contributed by atoms with van der Waals surface area (Å²) >= 11 is 0. The highest BCUT2D eigenvalue weighted by Gasteiger charge is 2.12. The maximum Gasteiger partial charge on any atom is 0.293 e. The van der Waals surface area contributed by atoms with Crippen LogP contribution in [0.25, 0.3) is 5.69 Å². The lowest BCUT2D eigenvalue weighted by molar-refractivity contribution is 0.101. The molecule has 94 valence electrons. The van der Waals surface area contributed by atoms with Gasteiger partial charge in [-0.3, -0.25) is 9.89 Å². The van der Waals surface area contributed by atoms with E-state index < -0.39 is 5.91 Å². The van der Waals surface area contributed by atoms with Gasteiger partial charge in [-0.25, -0.2) is 4.98 Å². The molecule has 9 nitrogen and oxygen atoms in total. The third kappa shape index (κ3) is 2.16. The number of aromatic nitrogens is 7. The zero-order chi connectivity index (χ0) is 13.1. The quantitative estimate of drug-likeness (QED) is 0.683. The van der Waals surface area contributed by atoms with E-state index in [9.17, 15) is 4.79 Å². The normalized spacial score (nSPS) is 10.3. The van der Waals surface area contributed by atoms with Gasteiger partial charge in [0, 0.05) is 0 Å². The highest BCUT2D eigenvalue weighted by Crippen LogP contribution is 2.18. The summed E-state index contributed by atoms with van der Waals surface area (Å²) in [5.74, 6) is -0.260. The van der Waals surface area contributed by atoms with E-state index in [0.717, 1.165) is 0 Å². The summed E-state index contributed by atoms with van der Waals surface area (Å²) in [6, 6.07) is 7.14. The van der Waals surface area contributed by atoms with Crippen LogP contribution in [-0.2, 0) is 0 Å². The van der Waals surface area contributed by atoms with Crippen molar-refractivity contribution < 1.29 is 4.79 Å². The van der Waals surface area contributed by atoms with Crippen molar-refractivity contribution in [3.63, 3.8) is 0 Å². The van der Waals surface area contributed by atoms with Crippen LogP contribution in [0.4, 0.5) is 5.69 Å². The van der Waals surface area contributed by atoms with Gasteiger partial charge < -0.3 is 5.32 Å². The van der Waals surface area contributed by atoms with Crippen LogP contribution in [0.3, 0.4) is 0 Å². The van der Waals surface area contributed by atoms with E-state index in [1.165, 1.54) is 17.3 Å². The molecule has 0 aliphatic heterocycles. The molecule has 0 spiro atoms. The summed E-state index contributed by atoms with van der Waals surface area (Å²) in [7, 11) is 0. The van der Waals surface area contributed by atoms with E-state index in [2.05, 4.69) is 36.0 Å². The number of nitrogens with one attached hydrogen (secondary N) is 2. The van der Waals surface area contributed by atoms with Gasteiger partial charge in [0.15, 0.2) is 0 Å². The van der Waals surface area contributed by atoms with Crippen LogP contribution in [0.5, 0.6) is 0 Å². The first-order chi connectivity index (χ1) is 9.34. The van der Waals surface area contributed by atoms with Gasteiger partial charge in [0.05, 0.1) is 11.4 Å². The molecular formula is C10H8N8O. The van der Waals surface area contributed by atoms with Crippen molar-refractivity contribution in [2.75, 3.05) is 5.32 Å². The van der Waals surface area contributed by atoms with Crippen molar-refractivity contribution in [3.05, 3.63) is 42.7 Å². The molecule has 0 bridgehead atoms. The Kier molecular flexibility index (Phi) is 2.69. The number of H-pyrrole nitrogens is 1. The second kappa shape index (κ2) is 4.64. The van der Waals surface area contributed by atoms with Crippen LogP contribution in [-0.4, -0.2) is 41.3 Å². The number of anilines is 1. The topological polar surface area (TPSA) is 114 Å². The van der Waals surface area contributed by atoms with Crippen LogP contribution < -0.4 is 5.32 Å². The Balaban J connectivity index is 1.92. The number of para-hydroxylation sites is 2. The fourth-order valence-corrected chi connectivity index (χ4v) is 1.55. The lowest BCUT2D eigenvalue weighted by atomic mass is 10.2. The molecule has 0 fully saturated rings. The van der Waals surface area contributed by atoms with Gasteiger partial charge >= 0.3 is 0 Å². The molecular weight excluding hydrogens is 248 g/mol. The molecule has 2 aromatic heterocycles. The van der Waals surface area contributed by atoms with E-state index in [0.29, 0.717) is 11.4 Å². The van der Waals surface area contributed by atoms with E-state index >= 15 is 0 Å². The third-order valence-corrected chi connectivity index (χ3v) is 2.38. The number of hydrogen-bond acceptors (Lipinski definition) is 6. The van der Waals surface area contributed by atoms with Crippen molar-refractivity contribution in [1.82, 2.24) is 35.4 Å². The maximum atomic E-state index is 11.9. The summed E-state index contributed by atoms with van der Waals surface area (Å²) in [5.41, 5.74) is 1.22. The number of carbonyl (C=O) groups excluding carboxylic acids is 1. The average molecular weight is 256 g/mol. The number of benzene rings is 1. The first-order valence-electron chi connectivity index (χ1n) is 5.34. The van der Waals surface area contributed by atoms with Crippen molar-refractivity contribution in [1.29, 1.82) is 0 Å². The monoisotopic (exact) mass is 256 g/mol. The highest BCUT2D eigenvalue weighted by atomic mass is 16.2. The fraction of sp³-hybridized carbons (Fsp3) is 0. The minimum Gasteiger partial charge on any atom is -0.317 e. The molecule has 9 heteroatoms. The van der Waals surface area contributed by atoms with Crippen LogP contribution in [0.2, 0.25) is 0 Å². The van der Waals surface area contributed by atoms with E-state index in [-0.39, 0.29) is 5.82 Å². The Labute approximate surface area is 106 Å². The van der Waals surface area contributed by atoms with E-state index in [1.807, 2.05) is 6.07 Å². The zero-order valence-electron chi connectivity index (χ0n) is 9.56. The molecule has 0 saturated heterocycles. The summed E-state index contributed by atoms with van der Waals surface area (Å²) < 4.78 is 1.45. The molecule has 0 atom stereocenters. The van der Waals surface area contributed by atoms with Crippen molar-refractivity contribution in [2.45, 2.75) is 0 Å². The second-order valence-electron chi connectivity index (χ2n) is 3.56. The molecule has 3 rings (SSSR count). The van der Waals surface area contributed by atoms with Crippen molar-refractivity contribution in [2.24, 2.45) is 0 Å². The predicted octanol–water partition coefficient (Wildman–Crippen LogP) is 0.0327. The summed E-state index contributed by atoms with van der Waals surface area (Å²) in [6.07, 6.45) is 2.71. The largest absolute Gasteiger partial charge is 0.317 e.